The largest absolute Gasteiger partial charge is 0.416 e. The molecule has 168 valence electrons. The monoisotopic (exact) mass is 446 g/mol. The summed E-state index contributed by atoms with van der Waals surface area (Å²) in [6, 6.07) is 5.21. The van der Waals surface area contributed by atoms with E-state index in [1.165, 1.54) is 6.07 Å². The van der Waals surface area contributed by atoms with Gasteiger partial charge in [0.25, 0.3) is 0 Å². The number of imidazole rings is 1. The van der Waals surface area contributed by atoms with Crippen LogP contribution in [-0.4, -0.2) is 48.5 Å². The molecule has 0 fully saturated rings. The van der Waals surface area contributed by atoms with Crippen LogP contribution >= 0.6 is 0 Å². The second-order valence-electron chi connectivity index (χ2n) is 7.41. The zero-order valence-corrected chi connectivity index (χ0v) is 17.2. The number of hydrogen-bond acceptors (Lipinski definition) is 5. The predicted molar refractivity (Wildman–Crippen MR) is 111 cm³/mol. The number of aliphatic hydroxyl groups excluding tert-OH is 1. The van der Waals surface area contributed by atoms with Gasteiger partial charge in [-0.25, -0.2) is 4.98 Å². The van der Waals surface area contributed by atoms with Crippen molar-refractivity contribution in [3.8, 4) is 0 Å². The van der Waals surface area contributed by atoms with E-state index in [1.807, 2.05) is 0 Å². The highest BCUT2D eigenvalue weighted by molar-refractivity contribution is 5.86. The molecule has 8 nitrogen and oxygen atoms in total. The SMILES string of the molecule is Cn1c(Cn2cc3c(CC(=O)NCCCO)nccc3n2)nc2cc(C(F)(F)F)ccc21. The first kappa shape index (κ1) is 21.8. The molecular formula is C21H21F3N6O2. The van der Waals surface area contributed by atoms with Crippen LogP contribution in [0.5, 0.6) is 0 Å². The van der Waals surface area contributed by atoms with Crippen LogP contribution in [-0.2, 0) is 31.0 Å². The molecule has 0 saturated carbocycles. The standard InChI is InChI=1S/C21H21F3N6O2/c1-29-18-4-3-13(21(22,23)24)9-17(18)27-19(29)12-30-11-14-15(28-30)5-7-25-16(14)10-20(32)26-6-2-8-31/h3-5,7,9,11,31H,2,6,8,10,12H2,1H3,(H,26,32). The lowest BCUT2D eigenvalue weighted by Gasteiger charge is -2.06. The van der Waals surface area contributed by atoms with Crippen molar-refractivity contribution < 1.29 is 23.1 Å². The predicted octanol–water partition coefficient (Wildman–Crippen LogP) is 2.43. The zero-order valence-electron chi connectivity index (χ0n) is 17.2. The molecule has 11 heteroatoms. The number of pyridine rings is 1. The highest BCUT2D eigenvalue weighted by Crippen LogP contribution is 2.31. The summed E-state index contributed by atoms with van der Waals surface area (Å²) in [6.07, 6.45) is -0.562. The van der Waals surface area contributed by atoms with E-state index in [9.17, 15) is 18.0 Å². The second kappa shape index (κ2) is 8.58. The molecule has 3 aromatic heterocycles. The van der Waals surface area contributed by atoms with E-state index in [4.69, 9.17) is 5.11 Å². The first-order valence-electron chi connectivity index (χ1n) is 9.97. The average Bonchev–Trinajstić information content (AvgIpc) is 3.29. The Morgan fingerprint density at radius 3 is 2.78 bits per heavy atom. The van der Waals surface area contributed by atoms with Crippen LogP contribution in [0.4, 0.5) is 13.2 Å². The number of nitrogens with zero attached hydrogens (tertiary/aromatic N) is 5. The molecule has 0 spiro atoms. The maximum Gasteiger partial charge on any atom is 0.416 e. The minimum atomic E-state index is -4.43. The molecule has 0 atom stereocenters. The molecule has 0 aliphatic carbocycles. The van der Waals surface area contributed by atoms with Crippen molar-refractivity contribution in [1.82, 2.24) is 29.6 Å². The van der Waals surface area contributed by atoms with Gasteiger partial charge in [0, 0.05) is 38.0 Å². The third-order valence-corrected chi connectivity index (χ3v) is 5.15. The lowest BCUT2D eigenvalue weighted by atomic mass is 10.2. The molecule has 3 heterocycles. The molecule has 0 unspecified atom stereocenters. The van der Waals surface area contributed by atoms with Crippen molar-refractivity contribution in [2.75, 3.05) is 13.2 Å². The van der Waals surface area contributed by atoms with Crippen molar-refractivity contribution in [1.29, 1.82) is 0 Å². The molecule has 2 N–H and O–H groups in total. The fraction of sp³-hybridized carbons (Fsp3) is 0.333. The number of aliphatic hydroxyl groups is 1. The molecule has 0 aliphatic rings. The Kier molecular flexibility index (Phi) is 5.83. The minimum Gasteiger partial charge on any atom is -0.396 e. The van der Waals surface area contributed by atoms with E-state index in [2.05, 4.69) is 20.4 Å². The van der Waals surface area contributed by atoms with Gasteiger partial charge in [-0.15, -0.1) is 0 Å². The van der Waals surface area contributed by atoms with Gasteiger partial charge in [0.1, 0.15) is 5.82 Å². The van der Waals surface area contributed by atoms with Gasteiger partial charge in [-0.1, -0.05) is 0 Å². The summed E-state index contributed by atoms with van der Waals surface area (Å²) in [7, 11) is 1.74. The summed E-state index contributed by atoms with van der Waals surface area (Å²) in [5, 5.41) is 16.7. The lowest BCUT2D eigenvalue weighted by molar-refractivity contribution is -0.137. The average molecular weight is 446 g/mol. The van der Waals surface area contributed by atoms with Crippen LogP contribution in [0.1, 0.15) is 23.5 Å². The van der Waals surface area contributed by atoms with Gasteiger partial charge in [-0.3, -0.25) is 14.5 Å². The Morgan fingerprint density at radius 1 is 1.22 bits per heavy atom. The second-order valence-corrected chi connectivity index (χ2v) is 7.41. The van der Waals surface area contributed by atoms with Gasteiger partial charge in [0.2, 0.25) is 5.91 Å². The number of aryl methyl sites for hydroxylation is 1. The van der Waals surface area contributed by atoms with E-state index < -0.39 is 11.7 Å². The maximum absolute atomic E-state index is 13.0. The number of carbonyl (C=O) groups excluding carboxylic acids is 1. The van der Waals surface area contributed by atoms with Crippen molar-refractivity contribution in [2.24, 2.45) is 7.05 Å². The molecule has 1 amide bonds. The van der Waals surface area contributed by atoms with E-state index in [0.717, 1.165) is 12.1 Å². The Bertz CT molecular complexity index is 1280. The molecule has 4 rings (SSSR count). The maximum atomic E-state index is 13.0. The Morgan fingerprint density at radius 2 is 2.03 bits per heavy atom. The number of halogens is 3. The quantitative estimate of drug-likeness (QED) is 0.425. The topological polar surface area (TPSA) is 97.9 Å². The molecule has 0 bridgehead atoms. The van der Waals surface area contributed by atoms with Crippen LogP contribution in [0, 0.1) is 0 Å². The van der Waals surface area contributed by atoms with Crippen LogP contribution in [0.15, 0.2) is 36.7 Å². The van der Waals surface area contributed by atoms with Crippen molar-refractivity contribution in [3.63, 3.8) is 0 Å². The van der Waals surface area contributed by atoms with Gasteiger partial charge in [-0.05, 0) is 30.7 Å². The number of nitrogens with one attached hydrogen (secondary N) is 1. The summed E-state index contributed by atoms with van der Waals surface area (Å²) >= 11 is 0. The molecule has 0 aliphatic heterocycles. The number of alkyl halides is 3. The summed E-state index contributed by atoms with van der Waals surface area (Å²) < 4.78 is 42.4. The van der Waals surface area contributed by atoms with Gasteiger partial charge in [0.15, 0.2) is 0 Å². The fourth-order valence-electron chi connectivity index (χ4n) is 3.50. The third-order valence-electron chi connectivity index (χ3n) is 5.15. The summed E-state index contributed by atoms with van der Waals surface area (Å²) in [5.74, 6) is 0.338. The highest BCUT2D eigenvalue weighted by atomic mass is 19.4. The molecule has 0 radical (unpaired) electrons. The first-order chi connectivity index (χ1) is 15.3. The number of hydrogen-bond donors (Lipinski definition) is 2. The molecule has 0 saturated heterocycles. The van der Waals surface area contributed by atoms with Gasteiger partial charge < -0.3 is 15.0 Å². The molecule has 4 aromatic rings. The van der Waals surface area contributed by atoms with Gasteiger partial charge >= 0.3 is 6.18 Å². The molecule has 1 aromatic carbocycles. The summed E-state index contributed by atoms with van der Waals surface area (Å²) in [6.45, 7) is 0.622. The number of aromatic nitrogens is 5. The molecular weight excluding hydrogens is 425 g/mol. The van der Waals surface area contributed by atoms with E-state index in [1.54, 1.807) is 34.8 Å². The number of fused-ring (bicyclic) bond motifs is 2. The summed E-state index contributed by atoms with van der Waals surface area (Å²) in [5.41, 5.74) is 1.32. The normalized spacial score (nSPS) is 12.0. The van der Waals surface area contributed by atoms with Gasteiger partial charge in [0.05, 0.1) is 40.8 Å². The van der Waals surface area contributed by atoms with Crippen LogP contribution in [0.25, 0.3) is 21.9 Å². The Hall–Kier alpha value is -3.47. The van der Waals surface area contributed by atoms with Gasteiger partial charge in [-0.2, -0.15) is 18.3 Å². The van der Waals surface area contributed by atoms with E-state index in [0.29, 0.717) is 40.9 Å². The molecule has 32 heavy (non-hydrogen) atoms. The number of carbonyl (C=O) groups is 1. The smallest absolute Gasteiger partial charge is 0.396 e. The van der Waals surface area contributed by atoms with Crippen LogP contribution < -0.4 is 5.32 Å². The number of rotatable bonds is 7. The van der Waals surface area contributed by atoms with E-state index >= 15 is 0 Å². The van der Waals surface area contributed by atoms with Crippen LogP contribution in [0.2, 0.25) is 0 Å². The Balaban J connectivity index is 1.59. The van der Waals surface area contributed by atoms with Crippen molar-refractivity contribution in [2.45, 2.75) is 25.6 Å². The third kappa shape index (κ3) is 4.42. The highest BCUT2D eigenvalue weighted by Gasteiger charge is 2.31. The van der Waals surface area contributed by atoms with Crippen LogP contribution in [0.3, 0.4) is 0 Å². The zero-order chi connectivity index (χ0) is 22.9. The lowest BCUT2D eigenvalue weighted by Crippen LogP contribution is -2.26. The minimum absolute atomic E-state index is 0.000597. The van der Waals surface area contributed by atoms with Crippen molar-refractivity contribution >= 4 is 27.8 Å². The van der Waals surface area contributed by atoms with E-state index in [-0.39, 0.29) is 31.0 Å². The Labute approximate surface area is 180 Å². The number of amides is 1. The first-order valence-corrected chi connectivity index (χ1v) is 9.97. The fourth-order valence-corrected chi connectivity index (χ4v) is 3.50. The summed E-state index contributed by atoms with van der Waals surface area (Å²) in [4.78, 5) is 20.8. The van der Waals surface area contributed by atoms with Crippen molar-refractivity contribution in [3.05, 3.63) is 53.7 Å². The number of benzene rings is 1.